The molecule has 0 radical (unpaired) electrons. The molecule has 0 aromatic heterocycles. The van der Waals surface area contributed by atoms with Crippen molar-refractivity contribution >= 4 is 34.5 Å². The second-order valence-corrected chi connectivity index (χ2v) is 3.82. The third kappa shape index (κ3) is 4.50. The van der Waals surface area contributed by atoms with E-state index in [0.717, 1.165) is 0 Å². The van der Waals surface area contributed by atoms with Crippen LogP contribution in [-0.4, -0.2) is 39.5 Å². The van der Waals surface area contributed by atoms with Gasteiger partial charge in [-0.1, -0.05) is 0 Å². The number of carbonyl (C=O) groups excluding carboxylic acids is 2. The summed E-state index contributed by atoms with van der Waals surface area (Å²) in [6.45, 7) is 1.17. The number of hydroxylamine groups is 2. The number of hydrogen-bond acceptors (Lipinski definition) is 4. The van der Waals surface area contributed by atoms with E-state index in [1.165, 1.54) is 18.7 Å². The van der Waals surface area contributed by atoms with E-state index in [2.05, 4.69) is 0 Å². The number of rotatable bonds is 5. The Morgan fingerprint density at radius 1 is 1.62 bits per heavy atom. The van der Waals surface area contributed by atoms with E-state index in [9.17, 15) is 9.59 Å². The Kier molecular flexibility index (Phi) is 6.11. The van der Waals surface area contributed by atoms with Crippen molar-refractivity contribution in [1.29, 1.82) is 0 Å². The topological polar surface area (TPSA) is 57.6 Å². The normalized spacial score (nSPS) is 12.3. The summed E-state index contributed by atoms with van der Waals surface area (Å²) >= 11 is 6.73. The average Bonchev–Trinajstić information content (AvgIpc) is 2.04. The number of amides is 1. The highest BCUT2D eigenvalue weighted by atomic mass is 35.5. The van der Waals surface area contributed by atoms with Crippen LogP contribution in [0.3, 0.4) is 0 Å². The van der Waals surface area contributed by atoms with Crippen molar-refractivity contribution in [3.8, 4) is 0 Å². The van der Waals surface area contributed by atoms with Crippen LogP contribution in [0.25, 0.3) is 0 Å². The van der Waals surface area contributed by atoms with Crippen molar-refractivity contribution in [2.24, 2.45) is 0 Å². The van der Waals surface area contributed by atoms with Gasteiger partial charge in [-0.25, -0.2) is 5.06 Å². The molecule has 0 heterocycles. The molecule has 1 N–H and O–H groups in total. The first-order chi connectivity index (χ1) is 6.00. The molecule has 4 nitrogen and oxygen atoms in total. The predicted octanol–water partition coefficient (Wildman–Crippen LogP) is 1.11. The molecule has 0 saturated heterocycles. The fraction of sp³-hybridized carbons (Fsp3) is 0.714. The van der Waals surface area contributed by atoms with Crippen molar-refractivity contribution in [2.45, 2.75) is 19.4 Å². The Hall–Kier alpha value is -0.260. The van der Waals surface area contributed by atoms with Crippen LogP contribution >= 0.6 is 23.4 Å². The van der Waals surface area contributed by atoms with E-state index >= 15 is 0 Å². The van der Waals surface area contributed by atoms with Gasteiger partial charge in [0.25, 0.3) is 0 Å². The standard InChI is InChI=1S/C7H12ClNO3S/c1-5(10)9(12)6(7(8)11)3-4-13-2/h6,12H,3-4H2,1-2H3. The SMILES string of the molecule is CSCCC(C(=O)Cl)N(O)C(C)=O. The molecule has 1 amide bonds. The molecular weight excluding hydrogens is 214 g/mol. The molecule has 1 unspecified atom stereocenters. The van der Waals surface area contributed by atoms with Crippen LogP contribution in [0.1, 0.15) is 13.3 Å². The maximum absolute atomic E-state index is 10.8. The second-order valence-electron chi connectivity index (χ2n) is 2.46. The quantitative estimate of drug-likeness (QED) is 0.433. The predicted molar refractivity (Wildman–Crippen MR) is 52.0 cm³/mol. The molecule has 6 heteroatoms. The largest absolute Gasteiger partial charge is 0.285 e. The van der Waals surface area contributed by atoms with Crippen molar-refractivity contribution in [3.63, 3.8) is 0 Å². The van der Waals surface area contributed by atoms with Gasteiger partial charge in [0.05, 0.1) is 0 Å². The number of nitrogens with zero attached hydrogens (tertiary/aromatic N) is 1. The molecule has 0 aliphatic carbocycles. The fourth-order valence-electron chi connectivity index (χ4n) is 0.781. The lowest BCUT2D eigenvalue weighted by Crippen LogP contribution is -2.40. The lowest BCUT2D eigenvalue weighted by Gasteiger charge is -2.20. The zero-order valence-corrected chi connectivity index (χ0v) is 9.06. The highest BCUT2D eigenvalue weighted by Crippen LogP contribution is 2.09. The Balaban J connectivity index is 4.24. The van der Waals surface area contributed by atoms with Crippen LogP contribution in [0.15, 0.2) is 0 Å². The van der Waals surface area contributed by atoms with Gasteiger partial charge in [0.15, 0.2) is 0 Å². The number of carbonyl (C=O) groups is 2. The summed E-state index contributed by atoms with van der Waals surface area (Å²) in [4.78, 5) is 21.5. The van der Waals surface area contributed by atoms with Gasteiger partial charge in [0.2, 0.25) is 11.1 Å². The molecule has 0 aliphatic rings. The van der Waals surface area contributed by atoms with Gasteiger partial charge in [-0.2, -0.15) is 11.8 Å². The maximum Gasteiger partial charge on any atom is 0.246 e. The minimum Gasteiger partial charge on any atom is -0.285 e. The fourth-order valence-corrected chi connectivity index (χ4v) is 1.44. The molecule has 0 aromatic rings. The summed E-state index contributed by atoms with van der Waals surface area (Å²) in [5, 5.41) is 8.82. The van der Waals surface area contributed by atoms with Gasteiger partial charge in [-0.15, -0.1) is 0 Å². The Morgan fingerprint density at radius 3 is 2.46 bits per heavy atom. The molecule has 13 heavy (non-hydrogen) atoms. The van der Waals surface area contributed by atoms with Crippen LogP contribution in [0, 0.1) is 0 Å². The van der Waals surface area contributed by atoms with Crippen LogP contribution in [0.4, 0.5) is 0 Å². The van der Waals surface area contributed by atoms with Crippen LogP contribution in [0.2, 0.25) is 0 Å². The molecule has 0 spiro atoms. The minimum atomic E-state index is -0.924. The lowest BCUT2D eigenvalue weighted by molar-refractivity contribution is -0.175. The van der Waals surface area contributed by atoms with Gasteiger partial charge in [0.1, 0.15) is 6.04 Å². The van der Waals surface area contributed by atoms with E-state index in [0.29, 0.717) is 17.2 Å². The number of hydrogen-bond donors (Lipinski definition) is 1. The highest BCUT2D eigenvalue weighted by molar-refractivity contribution is 7.98. The van der Waals surface area contributed by atoms with Gasteiger partial charge in [0, 0.05) is 6.92 Å². The van der Waals surface area contributed by atoms with E-state index in [-0.39, 0.29) is 0 Å². The lowest BCUT2D eigenvalue weighted by atomic mass is 10.2. The van der Waals surface area contributed by atoms with E-state index in [1.807, 2.05) is 6.26 Å². The van der Waals surface area contributed by atoms with Crippen molar-refractivity contribution < 1.29 is 14.8 Å². The van der Waals surface area contributed by atoms with Crippen LogP contribution in [-0.2, 0) is 9.59 Å². The first-order valence-corrected chi connectivity index (χ1v) is 5.44. The Labute approximate surface area is 86.2 Å². The van der Waals surface area contributed by atoms with Crippen LogP contribution < -0.4 is 0 Å². The summed E-state index contributed by atoms with van der Waals surface area (Å²) in [6, 6.07) is -0.924. The molecule has 0 aromatic carbocycles. The van der Waals surface area contributed by atoms with Crippen LogP contribution in [0.5, 0.6) is 0 Å². The van der Waals surface area contributed by atoms with Crippen molar-refractivity contribution in [3.05, 3.63) is 0 Å². The molecule has 1 atom stereocenters. The summed E-state index contributed by atoms with van der Waals surface area (Å²) in [7, 11) is 0. The van der Waals surface area contributed by atoms with Gasteiger partial charge < -0.3 is 0 Å². The Morgan fingerprint density at radius 2 is 2.15 bits per heavy atom. The van der Waals surface area contributed by atoms with Gasteiger partial charge >= 0.3 is 0 Å². The van der Waals surface area contributed by atoms with E-state index in [4.69, 9.17) is 16.8 Å². The van der Waals surface area contributed by atoms with Gasteiger partial charge in [-0.3, -0.25) is 14.8 Å². The molecule has 0 fully saturated rings. The zero-order valence-electron chi connectivity index (χ0n) is 7.49. The first-order valence-electron chi connectivity index (χ1n) is 3.67. The number of thioether (sulfide) groups is 1. The van der Waals surface area contributed by atoms with Crippen molar-refractivity contribution in [2.75, 3.05) is 12.0 Å². The summed E-state index contributed by atoms with van der Waals surface area (Å²) in [5.41, 5.74) is 0. The molecule has 0 aliphatic heterocycles. The third-order valence-corrected chi connectivity index (χ3v) is 2.37. The summed E-state index contributed by atoms with van der Waals surface area (Å²) < 4.78 is 0. The minimum absolute atomic E-state index is 0.361. The molecule has 0 bridgehead atoms. The second kappa shape index (κ2) is 6.23. The van der Waals surface area contributed by atoms with Gasteiger partial charge in [-0.05, 0) is 30.0 Å². The highest BCUT2D eigenvalue weighted by Gasteiger charge is 2.24. The monoisotopic (exact) mass is 225 g/mol. The zero-order chi connectivity index (χ0) is 10.4. The maximum atomic E-state index is 10.8. The Bertz CT molecular complexity index is 200. The summed E-state index contributed by atoms with van der Waals surface area (Å²) in [6.07, 6.45) is 2.23. The summed E-state index contributed by atoms with van der Waals surface area (Å²) in [5.74, 6) is 0.0769. The number of halogens is 1. The molecular formula is C7H12ClNO3S. The first kappa shape index (κ1) is 12.7. The average molecular weight is 226 g/mol. The molecule has 0 saturated carbocycles. The van der Waals surface area contributed by atoms with E-state index < -0.39 is 17.2 Å². The smallest absolute Gasteiger partial charge is 0.246 e. The molecule has 76 valence electrons. The van der Waals surface area contributed by atoms with E-state index in [1.54, 1.807) is 0 Å². The van der Waals surface area contributed by atoms with Crippen molar-refractivity contribution in [1.82, 2.24) is 5.06 Å². The molecule has 0 rings (SSSR count). The third-order valence-electron chi connectivity index (χ3n) is 1.48.